The summed E-state index contributed by atoms with van der Waals surface area (Å²) in [6, 6.07) is 2.71. The second-order valence-corrected chi connectivity index (χ2v) is 13.5. The van der Waals surface area contributed by atoms with Crippen molar-refractivity contribution in [1.82, 2.24) is 20.9 Å². The van der Waals surface area contributed by atoms with E-state index in [9.17, 15) is 33.6 Å². The molecule has 5 amide bonds. The monoisotopic (exact) mass is 690 g/mol. The average Bonchev–Trinajstić information content (AvgIpc) is 3.33. The van der Waals surface area contributed by atoms with Gasteiger partial charge in [-0.05, 0) is 82.6 Å². The summed E-state index contributed by atoms with van der Waals surface area (Å²) in [5.74, 6) is -4.20. The van der Waals surface area contributed by atoms with E-state index in [1.807, 2.05) is 6.26 Å². The molecule has 0 radical (unpaired) electrons. The molecule has 1 aliphatic rings. The summed E-state index contributed by atoms with van der Waals surface area (Å²) in [6.45, 7) is 8.11. The molecular formula is C33H46N4O10S. The predicted molar refractivity (Wildman–Crippen MR) is 178 cm³/mol. The largest absolute Gasteiger partial charge is 0.482 e. The molecule has 0 fully saturated rings. The van der Waals surface area contributed by atoms with Gasteiger partial charge in [0.05, 0.1) is 0 Å². The van der Waals surface area contributed by atoms with Gasteiger partial charge in [0.1, 0.15) is 29.5 Å². The van der Waals surface area contributed by atoms with Crippen molar-refractivity contribution in [2.24, 2.45) is 5.92 Å². The van der Waals surface area contributed by atoms with Crippen LogP contribution in [0, 0.1) is 5.92 Å². The predicted octanol–water partition coefficient (Wildman–Crippen LogP) is 2.06. The molecule has 264 valence electrons. The Balaban J connectivity index is 2.14. The summed E-state index contributed by atoms with van der Waals surface area (Å²) >= 11 is 1.47. The first kappa shape index (κ1) is 39.8. The summed E-state index contributed by atoms with van der Waals surface area (Å²) in [7, 11) is 0. The number of hydrogen-bond acceptors (Lipinski definition) is 10. The minimum absolute atomic E-state index is 0.146. The van der Waals surface area contributed by atoms with E-state index in [0.29, 0.717) is 18.6 Å². The molecule has 3 atom stereocenters. The molecule has 48 heavy (non-hydrogen) atoms. The summed E-state index contributed by atoms with van der Waals surface area (Å²) in [5.41, 5.74) is -0.691. The van der Waals surface area contributed by atoms with Gasteiger partial charge < -0.3 is 30.5 Å². The second kappa shape index (κ2) is 18.8. The molecule has 1 aromatic rings. The number of ether oxygens (including phenoxy) is 2. The summed E-state index contributed by atoms with van der Waals surface area (Å²) in [5, 5.41) is 17.0. The molecule has 0 spiro atoms. The lowest BCUT2D eigenvalue weighted by molar-refractivity contribution is -0.159. The Morgan fingerprint density at radius 2 is 1.58 bits per heavy atom. The van der Waals surface area contributed by atoms with Gasteiger partial charge in [-0.25, -0.2) is 9.59 Å². The van der Waals surface area contributed by atoms with Crippen molar-refractivity contribution >= 4 is 53.2 Å². The number of carbonyl (C=O) groups is 7. The highest BCUT2D eigenvalue weighted by Gasteiger charge is 2.33. The quantitative estimate of drug-likeness (QED) is 0.0942. The van der Waals surface area contributed by atoms with Crippen molar-refractivity contribution in [2.75, 3.05) is 25.2 Å². The number of benzene rings is 1. The third kappa shape index (κ3) is 13.4. The maximum absolute atomic E-state index is 13.6. The van der Waals surface area contributed by atoms with Gasteiger partial charge in [0.2, 0.25) is 11.8 Å². The summed E-state index contributed by atoms with van der Waals surface area (Å²) in [6.07, 6.45) is 5.42. The summed E-state index contributed by atoms with van der Waals surface area (Å²) in [4.78, 5) is 88.9. The molecule has 0 saturated carbocycles. The first-order valence-corrected chi connectivity index (χ1v) is 17.0. The van der Waals surface area contributed by atoms with Crippen molar-refractivity contribution in [3.05, 3.63) is 42.0 Å². The molecule has 1 aromatic carbocycles. The molecule has 15 heteroatoms. The van der Waals surface area contributed by atoms with Gasteiger partial charge in [-0.2, -0.15) is 11.8 Å². The van der Waals surface area contributed by atoms with E-state index in [1.165, 1.54) is 48.2 Å². The second-order valence-electron chi connectivity index (χ2n) is 12.5. The van der Waals surface area contributed by atoms with Gasteiger partial charge in [0, 0.05) is 24.3 Å². The van der Waals surface area contributed by atoms with Crippen LogP contribution in [0.4, 0.5) is 0 Å². The fourth-order valence-electron chi connectivity index (χ4n) is 4.56. The lowest BCUT2D eigenvalue weighted by Crippen LogP contribution is -2.57. The van der Waals surface area contributed by atoms with E-state index in [1.54, 1.807) is 34.6 Å². The van der Waals surface area contributed by atoms with Gasteiger partial charge in [0.25, 0.3) is 17.7 Å². The minimum atomic E-state index is -1.18. The number of carboxylic acids is 1. The van der Waals surface area contributed by atoms with Crippen LogP contribution in [0.2, 0.25) is 0 Å². The molecule has 0 aromatic heterocycles. The van der Waals surface area contributed by atoms with E-state index in [2.05, 4.69) is 16.0 Å². The van der Waals surface area contributed by atoms with Gasteiger partial charge in [-0.1, -0.05) is 19.9 Å². The van der Waals surface area contributed by atoms with Crippen molar-refractivity contribution in [2.45, 2.75) is 84.0 Å². The number of thioether (sulfide) groups is 1. The molecule has 1 heterocycles. The van der Waals surface area contributed by atoms with Gasteiger partial charge in [-0.3, -0.25) is 28.9 Å². The van der Waals surface area contributed by atoms with Crippen LogP contribution in [-0.2, 0) is 33.5 Å². The zero-order valence-electron chi connectivity index (χ0n) is 28.2. The van der Waals surface area contributed by atoms with Crippen molar-refractivity contribution in [3.63, 3.8) is 0 Å². The molecule has 0 saturated heterocycles. The van der Waals surface area contributed by atoms with E-state index < -0.39 is 77.7 Å². The number of nitrogens with one attached hydrogen (secondary N) is 3. The number of unbranched alkanes of at least 4 members (excludes halogenated alkanes) is 1. The Kier molecular flexibility index (Phi) is 15.6. The fraction of sp³-hybridized carbons (Fsp3) is 0.545. The molecule has 14 nitrogen and oxygen atoms in total. The fourth-order valence-corrected chi connectivity index (χ4v) is 5.03. The van der Waals surface area contributed by atoms with E-state index in [0.717, 1.165) is 4.90 Å². The third-order valence-electron chi connectivity index (χ3n) is 6.97. The summed E-state index contributed by atoms with van der Waals surface area (Å²) < 4.78 is 10.7. The van der Waals surface area contributed by atoms with Crippen LogP contribution >= 0.6 is 11.8 Å². The van der Waals surface area contributed by atoms with Crippen LogP contribution in [0.3, 0.4) is 0 Å². The first-order valence-electron chi connectivity index (χ1n) is 15.6. The number of imide groups is 1. The Bertz CT molecular complexity index is 1360. The maximum Gasteiger partial charge on any atom is 0.341 e. The Morgan fingerprint density at radius 1 is 0.917 bits per heavy atom. The highest BCUT2D eigenvalue weighted by molar-refractivity contribution is 7.98. The van der Waals surface area contributed by atoms with Crippen LogP contribution in [-0.4, -0.2) is 100 Å². The topological polar surface area (TPSA) is 198 Å². The lowest BCUT2D eigenvalue weighted by Gasteiger charge is -2.28. The molecular weight excluding hydrogens is 644 g/mol. The van der Waals surface area contributed by atoms with Crippen molar-refractivity contribution in [1.29, 1.82) is 0 Å². The molecule has 4 N–H and O–H groups in total. The van der Waals surface area contributed by atoms with Crippen LogP contribution in [0.5, 0.6) is 5.75 Å². The zero-order valence-corrected chi connectivity index (χ0v) is 29.0. The third-order valence-corrected chi connectivity index (χ3v) is 7.61. The Morgan fingerprint density at radius 3 is 2.17 bits per heavy atom. The highest BCUT2D eigenvalue weighted by atomic mass is 32.2. The molecule has 0 bridgehead atoms. The van der Waals surface area contributed by atoms with Crippen LogP contribution in [0.1, 0.15) is 70.7 Å². The minimum Gasteiger partial charge on any atom is -0.482 e. The Hall–Kier alpha value is -4.40. The van der Waals surface area contributed by atoms with Crippen LogP contribution in [0.15, 0.2) is 36.4 Å². The van der Waals surface area contributed by atoms with Gasteiger partial charge >= 0.3 is 11.9 Å². The number of rotatable bonds is 19. The molecule has 1 unspecified atom stereocenters. The number of carbonyl (C=O) groups excluding carboxylic acids is 6. The normalized spacial score (nSPS) is 14.7. The van der Waals surface area contributed by atoms with Crippen molar-refractivity contribution in [3.8, 4) is 5.75 Å². The molecule has 1 aliphatic heterocycles. The van der Waals surface area contributed by atoms with Crippen LogP contribution in [0.25, 0.3) is 0 Å². The van der Waals surface area contributed by atoms with E-state index in [-0.39, 0.29) is 30.7 Å². The SMILES string of the molecule is CSCC[C@H](NC(=O)c1cccc(OCC(=O)O)c1)C(=O)NC(C(=O)N[C@@H](CCCCN1C(=O)C=CC1=O)C(=O)OC(C)(C)C)C(C)C. The average molecular weight is 691 g/mol. The Labute approximate surface area is 284 Å². The first-order chi connectivity index (χ1) is 22.5. The number of carboxylic acid groups (broad SMARTS) is 1. The van der Waals surface area contributed by atoms with Gasteiger partial charge in [-0.15, -0.1) is 0 Å². The van der Waals surface area contributed by atoms with Crippen molar-refractivity contribution < 1.29 is 48.1 Å². The standard InChI is InChI=1S/C33H46N4O10S/c1-20(2)28(31(44)35-24(32(45)47-33(3,4)5)12-7-8-16-37-25(38)13-14-26(37)39)36-30(43)23(15-17-48-6)34-29(42)21-10-9-11-22(18-21)46-19-27(40)41/h9-11,13-14,18,20,23-24,28H,7-8,12,15-17,19H2,1-6H3,(H,34,42)(H,35,44)(H,36,43)(H,40,41)/t23-,24-,28?/m0/s1. The number of amides is 5. The van der Waals surface area contributed by atoms with Gasteiger partial charge in [0.15, 0.2) is 6.61 Å². The zero-order chi connectivity index (χ0) is 36.0. The molecule has 2 rings (SSSR count). The number of aliphatic carboxylic acids is 1. The lowest BCUT2D eigenvalue weighted by atomic mass is 10.0. The number of nitrogens with zero attached hydrogens (tertiary/aromatic N) is 1. The van der Waals surface area contributed by atoms with Crippen LogP contribution < -0.4 is 20.7 Å². The smallest absolute Gasteiger partial charge is 0.341 e. The highest BCUT2D eigenvalue weighted by Crippen LogP contribution is 2.16. The number of hydrogen-bond donors (Lipinski definition) is 4. The maximum atomic E-state index is 13.6. The number of esters is 1. The molecule has 0 aliphatic carbocycles. The van der Waals surface area contributed by atoms with E-state index in [4.69, 9.17) is 14.6 Å². The van der Waals surface area contributed by atoms with E-state index >= 15 is 0 Å².